The lowest BCUT2D eigenvalue weighted by atomic mass is 10.1. The van der Waals surface area contributed by atoms with Crippen molar-refractivity contribution < 1.29 is 39.6 Å². The zero-order valence-electron chi connectivity index (χ0n) is 16.5. The summed E-state index contributed by atoms with van der Waals surface area (Å²) in [6, 6.07) is 0.491. The van der Waals surface area contributed by atoms with Gasteiger partial charge in [0, 0.05) is 12.2 Å². The number of aliphatic carboxylic acids is 2. The quantitative estimate of drug-likeness (QED) is 0.126. The van der Waals surface area contributed by atoms with Gasteiger partial charge in [-0.2, -0.15) is 0 Å². The average Bonchev–Trinajstić information content (AvgIpc) is 2.70. The van der Waals surface area contributed by atoms with Crippen LogP contribution in [0.15, 0.2) is 17.0 Å². The molecule has 13 heteroatoms. The molecule has 10 N–H and O–H groups in total. The number of carbonyl (C=O) groups is 4. The molecule has 2 atom stereocenters. The number of rotatable bonds is 13. The summed E-state index contributed by atoms with van der Waals surface area (Å²) >= 11 is 0.951. The van der Waals surface area contributed by atoms with E-state index in [1.165, 1.54) is 6.07 Å². The fraction of sp³-hybridized carbons (Fsp3) is 0.444. The number of carboxylic acid groups (broad SMARTS) is 2. The number of aromatic hydroxyl groups is 2. The molecule has 0 aliphatic rings. The molecule has 1 aromatic rings. The predicted octanol–water partition coefficient (Wildman–Crippen LogP) is -1.43. The number of hydrogen-bond donors (Lipinski definition) is 8. The molecule has 1 rings (SSSR count). The minimum absolute atomic E-state index is 0.110. The van der Waals surface area contributed by atoms with E-state index < -0.39 is 48.1 Å². The molecule has 12 nitrogen and oxygen atoms in total. The van der Waals surface area contributed by atoms with Crippen molar-refractivity contribution in [2.24, 2.45) is 11.5 Å². The second kappa shape index (κ2) is 12.6. The lowest BCUT2D eigenvalue weighted by molar-refractivity contribution is -0.139. The SMILES string of the molecule is NCCc1cc(O)c(O)c(SC[C@H](NC(=O)CC[C@H](N)C(=O)O)C(=O)NCC(=O)O)c1. The molecule has 0 heterocycles. The van der Waals surface area contributed by atoms with Crippen molar-refractivity contribution in [2.45, 2.75) is 36.2 Å². The second-order valence-corrected chi connectivity index (χ2v) is 7.59. The molecule has 1 aromatic carbocycles. The van der Waals surface area contributed by atoms with Gasteiger partial charge in [0.15, 0.2) is 11.5 Å². The van der Waals surface area contributed by atoms with Crippen molar-refractivity contribution in [2.75, 3.05) is 18.8 Å². The van der Waals surface area contributed by atoms with Crippen LogP contribution < -0.4 is 22.1 Å². The van der Waals surface area contributed by atoms with Gasteiger partial charge in [0.1, 0.15) is 18.6 Å². The monoisotopic (exact) mass is 458 g/mol. The van der Waals surface area contributed by atoms with Gasteiger partial charge in [-0.3, -0.25) is 19.2 Å². The Kier molecular flexibility index (Phi) is 10.6. The van der Waals surface area contributed by atoms with Gasteiger partial charge in [-0.25, -0.2) is 0 Å². The molecule has 0 aliphatic heterocycles. The molecular formula is C18H26N4O8S. The Hall–Kier alpha value is -3.03. The lowest BCUT2D eigenvalue weighted by Crippen LogP contribution is -2.49. The Bertz CT molecular complexity index is 820. The molecule has 0 radical (unpaired) electrons. The topological polar surface area (TPSA) is 225 Å². The van der Waals surface area contributed by atoms with Gasteiger partial charge in [-0.1, -0.05) is 0 Å². The largest absolute Gasteiger partial charge is 0.504 e. The number of amides is 2. The van der Waals surface area contributed by atoms with E-state index in [9.17, 15) is 29.4 Å². The van der Waals surface area contributed by atoms with Crippen LogP contribution in [-0.2, 0) is 25.6 Å². The van der Waals surface area contributed by atoms with Crippen LogP contribution in [-0.4, -0.2) is 75.1 Å². The number of hydrogen-bond acceptors (Lipinski definition) is 9. The highest BCUT2D eigenvalue weighted by Crippen LogP contribution is 2.37. The normalized spacial score (nSPS) is 12.6. The first-order chi connectivity index (χ1) is 14.5. The van der Waals surface area contributed by atoms with E-state index in [1.54, 1.807) is 6.07 Å². The predicted molar refractivity (Wildman–Crippen MR) is 111 cm³/mol. The summed E-state index contributed by atoms with van der Waals surface area (Å²) in [5.74, 6) is -4.88. The van der Waals surface area contributed by atoms with Crippen molar-refractivity contribution in [3.05, 3.63) is 17.7 Å². The number of nitrogens with two attached hydrogens (primary N) is 2. The van der Waals surface area contributed by atoms with E-state index in [-0.39, 0.29) is 29.2 Å². The van der Waals surface area contributed by atoms with Crippen LogP contribution in [0, 0.1) is 0 Å². The molecule has 0 aromatic heterocycles. The molecule has 0 unspecified atom stereocenters. The van der Waals surface area contributed by atoms with Gasteiger partial charge in [-0.15, -0.1) is 11.8 Å². The van der Waals surface area contributed by atoms with Gasteiger partial charge in [0.05, 0.1) is 4.90 Å². The van der Waals surface area contributed by atoms with Gasteiger partial charge in [0.2, 0.25) is 11.8 Å². The Balaban J connectivity index is 2.89. The van der Waals surface area contributed by atoms with Crippen LogP contribution in [0.5, 0.6) is 11.5 Å². The van der Waals surface area contributed by atoms with E-state index >= 15 is 0 Å². The molecule has 0 spiro atoms. The fourth-order valence-electron chi connectivity index (χ4n) is 2.39. The number of thioether (sulfide) groups is 1. The third kappa shape index (κ3) is 9.11. The Labute approximate surface area is 182 Å². The summed E-state index contributed by atoms with van der Waals surface area (Å²) < 4.78 is 0. The standard InChI is InChI=1S/C18H26N4O8S/c19-4-3-9-5-12(23)16(27)13(6-9)31-8-11(17(28)21-7-15(25)26)22-14(24)2-1-10(20)18(29)30/h5-6,10-11,23,27H,1-4,7-8,19-20H2,(H,21,28)(H,22,24)(H,25,26)(H,29,30)/t10-,11-/m0/s1. The molecule has 0 saturated heterocycles. The highest BCUT2D eigenvalue weighted by molar-refractivity contribution is 7.99. The van der Waals surface area contributed by atoms with Gasteiger partial charge in [0.25, 0.3) is 0 Å². The molecule has 172 valence electrons. The van der Waals surface area contributed by atoms with E-state index in [0.717, 1.165) is 11.8 Å². The van der Waals surface area contributed by atoms with Crippen molar-refractivity contribution in [3.8, 4) is 11.5 Å². The molecule has 0 saturated carbocycles. The molecule has 2 amide bonds. The number of carbonyl (C=O) groups excluding carboxylic acids is 2. The number of phenols is 2. The Morgan fingerprint density at radius 1 is 1.13 bits per heavy atom. The summed E-state index contributed by atoms with van der Waals surface area (Å²) in [5, 5.41) is 42.0. The maximum absolute atomic E-state index is 12.3. The highest BCUT2D eigenvalue weighted by atomic mass is 32.2. The van der Waals surface area contributed by atoms with Gasteiger partial charge >= 0.3 is 11.9 Å². The fourth-order valence-corrected chi connectivity index (χ4v) is 3.45. The van der Waals surface area contributed by atoms with E-state index in [4.69, 9.17) is 21.7 Å². The molecule has 0 fully saturated rings. The number of carboxylic acids is 2. The van der Waals surface area contributed by atoms with Gasteiger partial charge < -0.3 is 42.5 Å². The highest BCUT2D eigenvalue weighted by Gasteiger charge is 2.23. The third-order valence-corrected chi connectivity index (χ3v) is 5.14. The lowest BCUT2D eigenvalue weighted by Gasteiger charge is -2.19. The van der Waals surface area contributed by atoms with Crippen LogP contribution in [0.4, 0.5) is 0 Å². The molecule has 31 heavy (non-hydrogen) atoms. The summed E-state index contributed by atoms with van der Waals surface area (Å²) in [6.45, 7) is -0.360. The maximum Gasteiger partial charge on any atom is 0.322 e. The van der Waals surface area contributed by atoms with Crippen molar-refractivity contribution in [1.82, 2.24) is 10.6 Å². The van der Waals surface area contributed by atoms with Crippen LogP contribution >= 0.6 is 11.8 Å². The minimum atomic E-state index is -1.28. The van der Waals surface area contributed by atoms with Crippen LogP contribution in [0.3, 0.4) is 0 Å². The Morgan fingerprint density at radius 2 is 1.81 bits per heavy atom. The second-order valence-electron chi connectivity index (χ2n) is 6.53. The third-order valence-electron chi connectivity index (χ3n) is 4.02. The first-order valence-electron chi connectivity index (χ1n) is 9.20. The molecular weight excluding hydrogens is 432 g/mol. The van der Waals surface area contributed by atoms with E-state index in [1.807, 2.05) is 0 Å². The van der Waals surface area contributed by atoms with Crippen LogP contribution in [0.1, 0.15) is 18.4 Å². The zero-order valence-corrected chi connectivity index (χ0v) is 17.4. The average molecular weight is 458 g/mol. The summed E-state index contributed by atoms with van der Waals surface area (Å²) in [7, 11) is 0. The van der Waals surface area contributed by atoms with Crippen molar-refractivity contribution in [1.29, 1.82) is 0 Å². The first-order valence-corrected chi connectivity index (χ1v) is 10.2. The van der Waals surface area contributed by atoms with Crippen molar-refractivity contribution >= 4 is 35.5 Å². The first kappa shape index (κ1) is 26.0. The van der Waals surface area contributed by atoms with E-state index in [2.05, 4.69) is 10.6 Å². The number of benzene rings is 1. The summed E-state index contributed by atoms with van der Waals surface area (Å²) in [4.78, 5) is 46.1. The van der Waals surface area contributed by atoms with Crippen molar-refractivity contribution in [3.63, 3.8) is 0 Å². The zero-order chi connectivity index (χ0) is 23.6. The van der Waals surface area contributed by atoms with E-state index in [0.29, 0.717) is 18.5 Å². The Morgan fingerprint density at radius 3 is 2.39 bits per heavy atom. The summed E-state index contributed by atoms with van der Waals surface area (Å²) in [6.07, 6.45) is 0.0108. The van der Waals surface area contributed by atoms with Gasteiger partial charge in [-0.05, 0) is 37.1 Å². The molecule has 0 aliphatic carbocycles. The summed E-state index contributed by atoms with van der Waals surface area (Å²) in [5.41, 5.74) is 11.5. The molecule has 0 bridgehead atoms. The van der Waals surface area contributed by atoms with Crippen LogP contribution in [0.2, 0.25) is 0 Å². The smallest absolute Gasteiger partial charge is 0.322 e. The number of phenolic OH excluding ortho intramolecular Hbond substituents is 2. The van der Waals surface area contributed by atoms with Crippen LogP contribution in [0.25, 0.3) is 0 Å². The number of nitrogens with one attached hydrogen (secondary N) is 2. The maximum atomic E-state index is 12.3. The minimum Gasteiger partial charge on any atom is -0.504 e.